The maximum Gasteiger partial charge on any atom is 0.227 e. The minimum absolute atomic E-state index is 0.124. The molecule has 0 saturated carbocycles. The fourth-order valence-electron chi connectivity index (χ4n) is 4.64. The van der Waals surface area contributed by atoms with Crippen molar-refractivity contribution in [1.82, 2.24) is 20.2 Å². The molecule has 0 bridgehead atoms. The van der Waals surface area contributed by atoms with Crippen molar-refractivity contribution in [3.63, 3.8) is 0 Å². The molecule has 0 spiro atoms. The van der Waals surface area contributed by atoms with Gasteiger partial charge in [-0.15, -0.1) is 0 Å². The first kappa shape index (κ1) is 20.2. The zero-order valence-electron chi connectivity index (χ0n) is 17.4. The lowest BCUT2D eigenvalue weighted by Crippen LogP contribution is -2.52. The predicted octanol–water partition coefficient (Wildman–Crippen LogP) is 3.71. The highest BCUT2D eigenvalue weighted by Crippen LogP contribution is 2.37. The maximum atomic E-state index is 13.2. The molecule has 0 aliphatic carbocycles. The average Bonchev–Trinajstić information content (AvgIpc) is 2.80. The number of hydrogen-bond acceptors (Lipinski definition) is 4. The van der Waals surface area contributed by atoms with E-state index in [0.717, 1.165) is 49.2 Å². The van der Waals surface area contributed by atoms with Crippen LogP contribution in [0.15, 0.2) is 73.3 Å². The number of rotatable bonds is 6. The summed E-state index contributed by atoms with van der Waals surface area (Å²) in [6.45, 7) is 2.64. The first-order valence-electron chi connectivity index (χ1n) is 10.5. The van der Waals surface area contributed by atoms with Crippen LogP contribution in [0.1, 0.15) is 24.0 Å². The van der Waals surface area contributed by atoms with Gasteiger partial charge in [0.25, 0.3) is 0 Å². The first-order valence-corrected chi connectivity index (χ1v) is 10.5. The molecule has 1 N–H and O–H groups in total. The second-order valence-electron chi connectivity index (χ2n) is 8.12. The zero-order chi connectivity index (χ0) is 20.8. The Balaban J connectivity index is 1.63. The van der Waals surface area contributed by atoms with Crippen molar-refractivity contribution in [2.24, 2.45) is 5.41 Å². The monoisotopic (exact) mass is 400 g/mol. The van der Waals surface area contributed by atoms with Crippen LogP contribution in [0.2, 0.25) is 0 Å². The Labute approximate surface area is 178 Å². The lowest BCUT2D eigenvalue weighted by molar-refractivity contribution is -0.134. The number of benzene rings is 2. The van der Waals surface area contributed by atoms with Crippen molar-refractivity contribution >= 4 is 5.91 Å². The number of amides is 1. The van der Waals surface area contributed by atoms with Crippen LogP contribution in [0.4, 0.5) is 0 Å². The van der Waals surface area contributed by atoms with Gasteiger partial charge in [0.05, 0.1) is 5.41 Å². The van der Waals surface area contributed by atoms with Crippen molar-refractivity contribution in [3.05, 3.63) is 84.4 Å². The molecule has 30 heavy (non-hydrogen) atoms. The topological polar surface area (TPSA) is 58.1 Å². The van der Waals surface area contributed by atoms with Gasteiger partial charge >= 0.3 is 0 Å². The molecule has 1 aliphatic heterocycles. The van der Waals surface area contributed by atoms with E-state index in [1.54, 1.807) is 13.4 Å². The third-order valence-corrected chi connectivity index (χ3v) is 6.03. The van der Waals surface area contributed by atoms with Gasteiger partial charge in [0, 0.05) is 38.1 Å². The van der Waals surface area contributed by atoms with E-state index < -0.39 is 5.41 Å². The van der Waals surface area contributed by atoms with E-state index >= 15 is 0 Å². The SMILES string of the molecule is CNC(=O)[C@]1(Cc2ccccc2-c2cncnc2)CCCN(Cc2ccccc2)C1. The highest BCUT2D eigenvalue weighted by atomic mass is 16.2. The Hall–Kier alpha value is -3.05. The molecule has 5 nitrogen and oxygen atoms in total. The number of carbonyl (C=O) groups excluding carboxylic acids is 1. The molecule has 1 amide bonds. The van der Waals surface area contributed by atoms with Gasteiger partial charge in [-0.1, -0.05) is 54.6 Å². The van der Waals surface area contributed by atoms with Gasteiger partial charge in [-0.2, -0.15) is 0 Å². The van der Waals surface area contributed by atoms with Crippen molar-refractivity contribution in [2.75, 3.05) is 20.1 Å². The average molecular weight is 401 g/mol. The molecule has 1 saturated heterocycles. The molecule has 0 radical (unpaired) electrons. The Morgan fingerprint density at radius 3 is 2.57 bits per heavy atom. The van der Waals surface area contributed by atoms with Crippen molar-refractivity contribution in [2.45, 2.75) is 25.8 Å². The van der Waals surface area contributed by atoms with Gasteiger partial charge in [-0.25, -0.2) is 9.97 Å². The summed E-state index contributed by atoms with van der Waals surface area (Å²) in [4.78, 5) is 24.0. The van der Waals surface area contributed by atoms with Gasteiger partial charge in [0.1, 0.15) is 6.33 Å². The molecule has 1 fully saturated rings. The van der Waals surface area contributed by atoms with Gasteiger partial charge in [-0.3, -0.25) is 9.69 Å². The summed E-state index contributed by atoms with van der Waals surface area (Å²) >= 11 is 0. The summed E-state index contributed by atoms with van der Waals surface area (Å²) in [6, 6.07) is 18.8. The summed E-state index contributed by atoms with van der Waals surface area (Å²) < 4.78 is 0. The Morgan fingerprint density at radius 1 is 1.07 bits per heavy atom. The highest BCUT2D eigenvalue weighted by molar-refractivity contribution is 5.83. The summed E-state index contributed by atoms with van der Waals surface area (Å²) in [7, 11) is 1.75. The molecule has 1 aromatic heterocycles. The van der Waals surface area contributed by atoms with Gasteiger partial charge in [-0.05, 0) is 42.5 Å². The van der Waals surface area contributed by atoms with Gasteiger partial charge in [0.2, 0.25) is 5.91 Å². The molecule has 1 aliphatic rings. The number of likely N-dealkylation sites (tertiary alicyclic amines) is 1. The lowest BCUT2D eigenvalue weighted by Gasteiger charge is -2.42. The maximum absolute atomic E-state index is 13.2. The largest absolute Gasteiger partial charge is 0.359 e. The number of piperidine rings is 1. The molecule has 2 heterocycles. The number of hydrogen-bond donors (Lipinski definition) is 1. The zero-order valence-corrected chi connectivity index (χ0v) is 17.4. The van der Waals surface area contributed by atoms with E-state index in [2.05, 4.69) is 56.6 Å². The number of nitrogens with zero attached hydrogens (tertiary/aromatic N) is 3. The van der Waals surface area contributed by atoms with Crippen molar-refractivity contribution in [1.29, 1.82) is 0 Å². The summed E-state index contributed by atoms with van der Waals surface area (Å²) in [5, 5.41) is 2.95. The van der Waals surface area contributed by atoms with Crippen LogP contribution in [-0.4, -0.2) is 40.9 Å². The molecular formula is C25H28N4O. The van der Waals surface area contributed by atoms with Crippen LogP contribution < -0.4 is 5.32 Å². The molecular weight excluding hydrogens is 372 g/mol. The van der Waals surface area contributed by atoms with E-state index in [1.165, 1.54) is 5.56 Å². The third-order valence-electron chi connectivity index (χ3n) is 6.03. The standard InChI is InChI=1S/C25H28N4O/c1-26-24(30)25(12-7-13-29(18-25)17-20-8-3-2-4-9-20)14-21-10-5-6-11-23(21)22-15-27-19-28-16-22/h2-6,8-11,15-16,19H,7,12-14,17-18H2,1H3,(H,26,30)/t25-/m0/s1. The van der Waals surface area contributed by atoms with Crippen LogP contribution in [0, 0.1) is 5.41 Å². The second kappa shape index (κ2) is 9.18. The van der Waals surface area contributed by atoms with E-state index in [4.69, 9.17) is 0 Å². The van der Waals surface area contributed by atoms with Crippen LogP contribution >= 0.6 is 0 Å². The number of carbonyl (C=O) groups is 1. The van der Waals surface area contributed by atoms with Crippen LogP contribution in [0.5, 0.6) is 0 Å². The molecule has 2 aromatic carbocycles. The minimum Gasteiger partial charge on any atom is -0.359 e. The van der Waals surface area contributed by atoms with Gasteiger partial charge in [0.15, 0.2) is 0 Å². The third kappa shape index (κ3) is 4.41. The Kier molecular flexibility index (Phi) is 6.19. The Morgan fingerprint density at radius 2 is 1.80 bits per heavy atom. The fraction of sp³-hybridized carbons (Fsp3) is 0.320. The molecule has 1 atom stereocenters. The number of aromatic nitrogens is 2. The highest BCUT2D eigenvalue weighted by Gasteiger charge is 2.42. The molecule has 4 rings (SSSR count). The van der Waals surface area contributed by atoms with Crippen molar-refractivity contribution < 1.29 is 4.79 Å². The summed E-state index contributed by atoms with van der Waals surface area (Å²) in [5.74, 6) is 0.124. The summed E-state index contributed by atoms with van der Waals surface area (Å²) in [5.41, 5.74) is 4.08. The molecule has 154 valence electrons. The van der Waals surface area contributed by atoms with E-state index in [-0.39, 0.29) is 5.91 Å². The first-order chi connectivity index (χ1) is 14.7. The lowest BCUT2D eigenvalue weighted by atomic mass is 9.73. The van der Waals surface area contributed by atoms with E-state index in [9.17, 15) is 4.79 Å². The molecule has 0 unspecified atom stereocenters. The predicted molar refractivity (Wildman–Crippen MR) is 119 cm³/mol. The fourth-order valence-corrected chi connectivity index (χ4v) is 4.64. The van der Waals surface area contributed by atoms with E-state index in [1.807, 2.05) is 30.6 Å². The van der Waals surface area contributed by atoms with E-state index in [0.29, 0.717) is 6.42 Å². The van der Waals surface area contributed by atoms with Crippen LogP contribution in [0.3, 0.4) is 0 Å². The van der Waals surface area contributed by atoms with Gasteiger partial charge < -0.3 is 5.32 Å². The molecule has 5 heteroatoms. The van der Waals surface area contributed by atoms with Crippen molar-refractivity contribution in [3.8, 4) is 11.1 Å². The molecule has 3 aromatic rings. The quantitative estimate of drug-likeness (QED) is 0.685. The normalized spacial score (nSPS) is 19.4. The number of nitrogens with one attached hydrogen (secondary N) is 1. The summed E-state index contributed by atoms with van der Waals surface area (Å²) in [6.07, 6.45) is 7.81. The smallest absolute Gasteiger partial charge is 0.227 e. The minimum atomic E-state index is -0.451. The second-order valence-corrected chi connectivity index (χ2v) is 8.12. The van der Waals surface area contributed by atoms with Crippen LogP contribution in [-0.2, 0) is 17.8 Å². The van der Waals surface area contributed by atoms with Crippen LogP contribution in [0.25, 0.3) is 11.1 Å². The Bertz CT molecular complexity index is 977.